The first-order chi connectivity index (χ1) is 15.0. The zero-order chi connectivity index (χ0) is 22.1. The number of carbonyl (C=O) groups is 2. The maximum absolute atomic E-state index is 12.4. The summed E-state index contributed by atoms with van der Waals surface area (Å²) in [6.45, 7) is 3.86. The van der Waals surface area contributed by atoms with E-state index in [1.807, 2.05) is 14.1 Å². The normalized spacial score (nSPS) is 18.1. The van der Waals surface area contributed by atoms with E-state index in [1.54, 1.807) is 0 Å². The van der Waals surface area contributed by atoms with Crippen LogP contribution in [0.25, 0.3) is 0 Å². The van der Waals surface area contributed by atoms with E-state index >= 15 is 0 Å². The second kappa shape index (κ2) is 11.9. The fourth-order valence-corrected chi connectivity index (χ4v) is 4.16. The maximum atomic E-state index is 12.4. The number of hydrogen-bond acceptors (Lipinski definition) is 5. The van der Waals surface area contributed by atoms with E-state index in [2.05, 4.69) is 50.8 Å². The van der Waals surface area contributed by atoms with Crippen molar-refractivity contribution in [3.05, 3.63) is 41.5 Å². The van der Waals surface area contributed by atoms with Crippen molar-refractivity contribution in [3.8, 4) is 0 Å². The minimum Gasteiger partial charge on any atom is -0.379 e. The summed E-state index contributed by atoms with van der Waals surface area (Å²) in [4.78, 5) is 29.0. The molecule has 3 rings (SSSR count). The van der Waals surface area contributed by atoms with Crippen LogP contribution in [0.1, 0.15) is 43.7 Å². The third-order valence-corrected chi connectivity index (χ3v) is 6.06. The summed E-state index contributed by atoms with van der Waals surface area (Å²) in [6, 6.07) is 8.36. The van der Waals surface area contributed by atoms with Gasteiger partial charge in [-0.2, -0.15) is 0 Å². The van der Waals surface area contributed by atoms with Crippen LogP contribution in [0, 0.1) is 0 Å². The molecule has 1 fully saturated rings. The Bertz CT molecular complexity index is 755. The van der Waals surface area contributed by atoms with Crippen LogP contribution in [0.3, 0.4) is 0 Å². The van der Waals surface area contributed by atoms with Gasteiger partial charge in [-0.15, -0.1) is 0 Å². The highest BCUT2D eigenvalue weighted by Crippen LogP contribution is 2.24. The first kappa shape index (κ1) is 23.3. The maximum Gasteiger partial charge on any atom is 0.309 e. The zero-order valence-corrected chi connectivity index (χ0v) is 18.9. The Morgan fingerprint density at radius 2 is 1.77 bits per heavy atom. The molecule has 1 aromatic carbocycles. The lowest BCUT2D eigenvalue weighted by molar-refractivity contribution is -0.139. The minimum absolute atomic E-state index is 0.00394. The molecule has 0 spiro atoms. The predicted molar refractivity (Wildman–Crippen MR) is 123 cm³/mol. The molecule has 31 heavy (non-hydrogen) atoms. The number of hydrogen-bond donors (Lipinski definition) is 2. The third-order valence-electron chi connectivity index (χ3n) is 6.06. The quantitative estimate of drug-likeness (QED) is 0.491. The van der Waals surface area contributed by atoms with E-state index in [4.69, 9.17) is 4.74 Å². The van der Waals surface area contributed by atoms with Gasteiger partial charge in [-0.3, -0.25) is 14.5 Å². The third kappa shape index (κ3) is 7.08. The van der Waals surface area contributed by atoms with Crippen molar-refractivity contribution in [1.29, 1.82) is 0 Å². The minimum atomic E-state index is -0.569. The molecule has 0 aromatic heterocycles. The van der Waals surface area contributed by atoms with Crippen molar-refractivity contribution in [2.75, 3.05) is 58.4 Å². The Labute approximate surface area is 185 Å². The van der Waals surface area contributed by atoms with Gasteiger partial charge in [0, 0.05) is 46.0 Å². The van der Waals surface area contributed by atoms with Crippen LogP contribution >= 0.6 is 0 Å². The summed E-state index contributed by atoms with van der Waals surface area (Å²) in [5.41, 5.74) is 3.64. The van der Waals surface area contributed by atoms with Crippen molar-refractivity contribution in [2.24, 2.45) is 0 Å². The molecule has 1 aromatic rings. The molecule has 170 valence electrons. The molecule has 0 unspecified atom stereocenters. The largest absolute Gasteiger partial charge is 0.379 e. The highest BCUT2D eigenvalue weighted by atomic mass is 16.5. The standard InChI is InChI=1S/C24H36N4O3/c1-27(2)21-10-8-20(9-11-21)22(28-14-16-31-17-15-28)18-26-24(30)23(29)25-13-12-19-6-4-3-5-7-19/h6,8-11,22H,3-5,7,12-18H2,1-2H3,(H,25,29)(H,26,30)/t22-/m0/s1. The first-order valence-electron chi connectivity index (χ1n) is 11.4. The summed E-state index contributed by atoms with van der Waals surface area (Å²) in [6.07, 6.45) is 7.80. The summed E-state index contributed by atoms with van der Waals surface area (Å²) in [5.74, 6) is -1.12. The average Bonchev–Trinajstić information content (AvgIpc) is 2.80. The molecule has 1 saturated heterocycles. The Morgan fingerprint density at radius 1 is 1.06 bits per heavy atom. The Hall–Kier alpha value is -2.38. The van der Waals surface area contributed by atoms with Crippen molar-refractivity contribution < 1.29 is 14.3 Å². The van der Waals surface area contributed by atoms with Crippen LogP contribution in [0.4, 0.5) is 5.69 Å². The van der Waals surface area contributed by atoms with Crippen molar-refractivity contribution in [1.82, 2.24) is 15.5 Å². The van der Waals surface area contributed by atoms with Gasteiger partial charge in [0.25, 0.3) is 0 Å². The molecule has 1 atom stereocenters. The van der Waals surface area contributed by atoms with Gasteiger partial charge in [0.2, 0.25) is 0 Å². The van der Waals surface area contributed by atoms with Gasteiger partial charge < -0.3 is 20.3 Å². The van der Waals surface area contributed by atoms with Gasteiger partial charge in [-0.05, 0) is 49.8 Å². The SMILES string of the molecule is CN(C)c1ccc([C@H](CNC(=O)C(=O)NCCC2=CCCCC2)N2CCOCC2)cc1. The number of nitrogens with one attached hydrogen (secondary N) is 2. The molecule has 0 saturated carbocycles. The highest BCUT2D eigenvalue weighted by molar-refractivity contribution is 6.35. The summed E-state index contributed by atoms with van der Waals surface area (Å²) < 4.78 is 5.49. The topological polar surface area (TPSA) is 73.9 Å². The molecule has 2 amide bonds. The molecule has 1 aliphatic heterocycles. The number of benzene rings is 1. The number of anilines is 1. The number of rotatable bonds is 8. The van der Waals surface area contributed by atoms with E-state index in [1.165, 1.54) is 18.4 Å². The molecule has 2 aliphatic rings. The number of ether oxygens (including phenoxy) is 1. The fourth-order valence-electron chi connectivity index (χ4n) is 4.16. The van der Waals surface area contributed by atoms with Gasteiger partial charge in [0.05, 0.1) is 19.3 Å². The smallest absolute Gasteiger partial charge is 0.309 e. The van der Waals surface area contributed by atoms with Crippen LogP contribution in [-0.2, 0) is 14.3 Å². The fraction of sp³-hybridized carbons (Fsp3) is 0.583. The van der Waals surface area contributed by atoms with Gasteiger partial charge in [0.1, 0.15) is 0 Å². The van der Waals surface area contributed by atoms with Gasteiger partial charge in [-0.1, -0.05) is 23.8 Å². The molecule has 1 heterocycles. The molecule has 0 radical (unpaired) electrons. The second-order valence-corrected chi connectivity index (χ2v) is 8.47. The number of morpholine rings is 1. The molecular weight excluding hydrogens is 392 g/mol. The van der Waals surface area contributed by atoms with Crippen LogP contribution < -0.4 is 15.5 Å². The molecule has 7 nitrogen and oxygen atoms in total. The van der Waals surface area contributed by atoms with Gasteiger partial charge >= 0.3 is 11.8 Å². The van der Waals surface area contributed by atoms with E-state index in [0.717, 1.165) is 43.6 Å². The lowest BCUT2D eigenvalue weighted by Crippen LogP contribution is -2.46. The summed E-state index contributed by atoms with van der Waals surface area (Å²) in [7, 11) is 4.02. The monoisotopic (exact) mass is 428 g/mol. The first-order valence-corrected chi connectivity index (χ1v) is 11.4. The number of amides is 2. The molecule has 1 aliphatic carbocycles. The van der Waals surface area contributed by atoms with E-state index in [-0.39, 0.29) is 6.04 Å². The van der Waals surface area contributed by atoms with Crippen molar-refractivity contribution >= 4 is 17.5 Å². The zero-order valence-electron chi connectivity index (χ0n) is 18.9. The molecule has 2 N–H and O–H groups in total. The second-order valence-electron chi connectivity index (χ2n) is 8.47. The Kier molecular flexibility index (Phi) is 8.91. The van der Waals surface area contributed by atoms with E-state index < -0.39 is 11.8 Å². The van der Waals surface area contributed by atoms with Crippen LogP contribution in [-0.4, -0.2) is 70.2 Å². The van der Waals surface area contributed by atoms with E-state index in [0.29, 0.717) is 26.3 Å². The van der Waals surface area contributed by atoms with Crippen LogP contribution in [0.2, 0.25) is 0 Å². The van der Waals surface area contributed by atoms with Crippen molar-refractivity contribution in [2.45, 2.75) is 38.1 Å². The Morgan fingerprint density at radius 3 is 2.42 bits per heavy atom. The number of nitrogens with zero attached hydrogens (tertiary/aromatic N) is 2. The van der Waals surface area contributed by atoms with Crippen LogP contribution in [0.5, 0.6) is 0 Å². The molecular formula is C24H36N4O3. The average molecular weight is 429 g/mol. The van der Waals surface area contributed by atoms with Crippen molar-refractivity contribution in [3.63, 3.8) is 0 Å². The number of carbonyl (C=O) groups excluding carboxylic acids is 2. The van der Waals surface area contributed by atoms with Gasteiger partial charge in [0.15, 0.2) is 0 Å². The van der Waals surface area contributed by atoms with E-state index in [9.17, 15) is 9.59 Å². The highest BCUT2D eigenvalue weighted by Gasteiger charge is 2.24. The molecule has 7 heteroatoms. The summed E-state index contributed by atoms with van der Waals surface area (Å²) >= 11 is 0. The van der Waals surface area contributed by atoms with Gasteiger partial charge in [-0.25, -0.2) is 0 Å². The predicted octanol–water partition coefficient (Wildman–Crippen LogP) is 2.25. The number of allylic oxidation sites excluding steroid dienone is 1. The summed E-state index contributed by atoms with van der Waals surface area (Å²) in [5, 5.41) is 5.61. The lowest BCUT2D eigenvalue weighted by Gasteiger charge is -2.35. The Balaban J connectivity index is 1.54. The van der Waals surface area contributed by atoms with Crippen LogP contribution in [0.15, 0.2) is 35.9 Å². The molecule has 0 bridgehead atoms. The lowest BCUT2D eigenvalue weighted by atomic mass is 9.97.